The number of hydrogen-bond donors (Lipinski definition) is 1. The fourth-order valence-electron chi connectivity index (χ4n) is 3.02. The number of carbonyl (C=O) groups is 1. The maximum Gasteiger partial charge on any atom is 0.418 e. The fourth-order valence-corrected chi connectivity index (χ4v) is 3.20. The number of anilines is 2. The van der Waals surface area contributed by atoms with Crippen LogP contribution in [-0.2, 0) is 6.18 Å². The highest BCUT2D eigenvalue weighted by Gasteiger charge is 2.34. The number of alkyl halides is 3. The van der Waals surface area contributed by atoms with E-state index in [1.807, 2.05) is 0 Å². The van der Waals surface area contributed by atoms with Gasteiger partial charge in [0.1, 0.15) is 5.82 Å². The molecule has 4 nitrogen and oxygen atoms in total. The lowest BCUT2D eigenvalue weighted by Gasteiger charge is -2.30. The zero-order chi connectivity index (χ0) is 19.6. The van der Waals surface area contributed by atoms with Crippen LogP contribution in [0.2, 0.25) is 5.02 Å². The van der Waals surface area contributed by atoms with Crippen molar-refractivity contribution in [3.63, 3.8) is 0 Å². The molecule has 0 bridgehead atoms. The molecule has 0 unspecified atom stereocenters. The SMILES string of the molecule is CC1CCN(C(=O)c2ccnc(Nc3ccc(Cl)cc3C(F)(F)F)c2)CC1. The molecule has 1 saturated heterocycles. The summed E-state index contributed by atoms with van der Waals surface area (Å²) in [5, 5.41) is 2.64. The molecule has 0 saturated carbocycles. The van der Waals surface area contributed by atoms with Gasteiger partial charge in [-0.25, -0.2) is 4.98 Å². The molecule has 1 N–H and O–H groups in total. The van der Waals surface area contributed by atoms with Crippen LogP contribution in [0, 0.1) is 5.92 Å². The minimum Gasteiger partial charge on any atom is -0.340 e. The van der Waals surface area contributed by atoms with Gasteiger partial charge < -0.3 is 10.2 Å². The quantitative estimate of drug-likeness (QED) is 0.757. The summed E-state index contributed by atoms with van der Waals surface area (Å²) >= 11 is 5.70. The number of aromatic nitrogens is 1. The molecule has 0 spiro atoms. The summed E-state index contributed by atoms with van der Waals surface area (Å²) in [5.74, 6) is 0.618. The predicted molar refractivity (Wildman–Crippen MR) is 98.3 cm³/mol. The smallest absolute Gasteiger partial charge is 0.340 e. The van der Waals surface area contributed by atoms with E-state index in [0.29, 0.717) is 24.6 Å². The van der Waals surface area contributed by atoms with Crippen molar-refractivity contribution >= 4 is 29.0 Å². The number of likely N-dealkylation sites (tertiary alicyclic amines) is 1. The van der Waals surface area contributed by atoms with E-state index in [1.54, 1.807) is 11.0 Å². The van der Waals surface area contributed by atoms with Crippen LogP contribution in [0.3, 0.4) is 0 Å². The number of nitrogens with zero attached hydrogens (tertiary/aromatic N) is 2. The van der Waals surface area contributed by atoms with Crippen LogP contribution in [-0.4, -0.2) is 28.9 Å². The summed E-state index contributed by atoms with van der Waals surface area (Å²) < 4.78 is 39.7. The van der Waals surface area contributed by atoms with Crippen molar-refractivity contribution in [1.82, 2.24) is 9.88 Å². The molecule has 2 heterocycles. The molecule has 1 aromatic carbocycles. The number of rotatable bonds is 3. The first kappa shape index (κ1) is 19.5. The van der Waals surface area contributed by atoms with Crippen molar-refractivity contribution < 1.29 is 18.0 Å². The van der Waals surface area contributed by atoms with Gasteiger partial charge in [0.15, 0.2) is 0 Å². The average Bonchev–Trinajstić information content (AvgIpc) is 2.63. The summed E-state index contributed by atoms with van der Waals surface area (Å²) in [5.41, 5.74) is -0.668. The summed E-state index contributed by atoms with van der Waals surface area (Å²) in [4.78, 5) is 18.5. The lowest BCUT2D eigenvalue weighted by molar-refractivity contribution is -0.136. The second-order valence-corrected chi connectivity index (χ2v) is 7.15. The standard InChI is InChI=1S/C19H19ClF3N3O/c1-12-5-8-26(9-6-12)18(27)13-4-7-24-17(10-13)25-16-3-2-14(20)11-15(16)19(21,22)23/h2-4,7,10-12H,5-6,8-9H2,1H3,(H,24,25). The Labute approximate surface area is 160 Å². The molecule has 8 heteroatoms. The number of hydrogen-bond acceptors (Lipinski definition) is 3. The third kappa shape index (κ3) is 4.71. The van der Waals surface area contributed by atoms with Gasteiger partial charge in [-0.05, 0) is 49.1 Å². The molecular weight excluding hydrogens is 379 g/mol. The number of benzene rings is 1. The fraction of sp³-hybridized carbons (Fsp3) is 0.368. The van der Waals surface area contributed by atoms with Crippen molar-refractivity contribution in [2.24, 2.45) is 5.92 Å². The molecule has 1 aliphatic rings. The number of pyridine rings is 1. The van der Waals surface area contributed by atoms with E-state index in [2.05, 4.69) is 17.2 Å². The Morgan fingerprint density at radius 2 is 1.93 bits per heavy atom. The largest absolute Gasteiger partial charge is 0.418 e. The van der Waals surface area contributed by atoms with E-state index in [4.69, 9.17) is 11.6 Å². The van der Waals surface area contributed by atoms with Crippen LogP contribution in [0.5, 0.6) is 0 Å². The number of carbonyl (C=O) groups excluding carboxylic acids is 1. The maximum atomic E-state index is 13.2. The van der Waals surface area contributed by atoms with Gasteiger partial charge in [0.2, 0.25) is 0 Å². The van der Waals surface area contributed by atoms with E-state index >= 15 is 0 Å². The summed E-state index contributed by atoms with van der Waals surface area (Å²) in [6.07, 6.45) is -1.26. The van der Waals surface area contributed by atoms with Crippen LogP contribution >= 0.6 is 11.6 Å². The van der Waals surface area contributed by atoms with Gasteiger partial charge >= 0.3 is 6.18 Å². The van der Waals surface area contributed by atoms with Crippen LogP contribution < -0.4 is 5.32 Å². The third-order valence-electron chi connectivity index (χ3n) is 4.63. The summed E-state index contributed by atoms with van der Waals surface area (Å²) in [7, 11) is 0. The van der Waals surface area contributed by atoms with Gasteiger partial charge in [0.05, 0.1) is 11.3 Å². The summed E-state index contributed by atoms with van der Waals surface area (Å²) in [6, 6.07) is 6.50. The van der Waals surface area contributed by atoms with Gasteiger partial charge in [-0.15, -0.1) is 0 Å². The Hall–Kier alpha value is -2.28. The highest BCUT2D eigenvalue weighted by Crippen LogP contribution is 2.37. The van der Waals surface area contributed by atoms with Gasteiger partial charge in [-0.3, -0.25) is 4.79 Å². The molecule has 27 heavy (non-hydrogen) atoms. The first-order chi connectivity index (χ1) is 12.7. The Kier molecular flexibility index (Phi) is 5.60. The van der Waals surface area contributed by atoms with Crippen LogP contribution in [0.1, 0.15) is 35.7 Å². The highest BCUT2D eigenvalue weighted by molar-refractivity contribution is 6.30. The van der Waals surface area contributed by atoms with Gasteiger partial charge in [-0.2, -0.15) is 13.2 Å². The number of nitrogens with one attached hydrogen (secondary N) is 1. The number of halogens is 4. The second-order valence-electron chi connectivity index (χ2n) is 6.72. The highest BCUT2D eigenvalue weighted by atomic mass is 35.5. The van der Waals surface area contributed by atoms with E-state index in [0.717, 1.165) is 18.9 Å². The first-order valence-electron chi connectivity index (χ1n) is 8.63. The molecule has 0 atom stereocenters. The van der Waals surface area contributed by atoms with Crippen LogP contribution in [0.4, 0.5) is 24.7 Å². The van der Waals surface area contributed by atoms with Crippen molar-refractivity contribution in [3.8, 4) is 0 Å². The molecule has 1 amide bonds. The van der Waals surface area contributed by atoms with Crippen molar-refractivity contribution in [2.45, 2.75) is 25.9 Å². The molecule has 0 radical (unpaired) electrons. The zero-order valence-electron chi connectivity index (χ0n) is 14.7. The maximum absolute atomic E-state index is 13.2. The van der Waals surface area contributed by atoms with E-state index in [9.17, 15) is 18.0 Å². The normalized spacial score (nSPS) is 15.7. The van der Waals surface area contributed by atoms with Crippen molar-refractivity contribution in [1.29, 1.82) is 0 Å². The first-order valence-corrected chi connectivity index (χ1v) is 9.01. The minimum atomic E-state index is -4.56. The zero-order valence-corrected chi connectivity index (χ0v) is 15.4. The van der Waals surface area contributed by atoms with E-state index < -0.39 is 11.7 Å². The second kappa shape index (κ2) is 7.76. The molecule has 0 aliphatic carbocycles. The Bertz CT molecular complexity index is 833. The van der Waals surface area contributed by atoms with Gasteiger partial charge in [-0.1, -0.05) is 18.5 Å². The van der Waals surface area contributed by atoms with E-state index in [1.165, 1.54) is 24.4 Å². The van der Waals surface area contributed by atoms with Crippen LogP contribution in [0.25, 0.3) is 0 Å². The molecule has 2 aromatic rings. The Morgan fingerprint density at radius 1 is 1.22 bits per heavy atom. The monoisotopic (exact) mass is 397 g/mol. The average molecular weight is 398 g/mol. The molecule has 1 aliphatic heterocycles. The molecular formula is C19H19ClF3N3O. The summed E-state index contributed by atoms with van der Waals surface area (Å²) in [6.45, 7) is 3.52. The molecule has 1 fully saturated rings. The van der Waals surface area contributed by atoms with Crippen molar-refractivity contribution in [3.05, 3.63) is 52.7 Å². The molecule has 3 rings (SSSR count). The lowest BCUT2D eigenvalue weighted by Crippen LogP contribution is -2.37. The third-order valence-corrected chi connectivity index (χ3v) is 4.86. The molecule has 144 valence electrons. The lowest BCUT2D eigenvalue weighted by atomic mass is 9.99. The van der Waals surface area contributed by atoms with Gasteiger partial charge in [0.25, 0.3) is 5.91 Å². The Balaban J connectivity index is 1.82. The minimum absolute atomic E-state index is 0.0101. The Morgan fingerprint density at radius 3 is 2.59 bits per heavy atom. The predicted octanol–water partition coefficient (Wildman–Crippen LogP) is 5.37. The van der Waals surface area contributed by atoms with Crippen molar-refractivity contribution in [2.75, 3.05) is 18.4 Å². The van der Waals surface area contributed by atoms with Gasteiger partial charge in [0, 0.05) is 29.9 Å². The number of piperidine rings is 1. The topological polar surface area (TPSA) is 45.2 Å². The van der Waals surface area contributed by atoms with E-state index in [-0.39, 0.29) is 22.4 Å². The van der Waals surface area contributed by atoms with Crippen LogP contribution in [0.15, 0.2) is 36.5 Å². The molecule has 1 aromatic heterocycles. The number of amides is 1.